The molecule has 12 heteroatoms. The minimum atomic E-state index is -2.77. The van der Waals surface area contributed by atoms with Crippen LogP contribution >= 0.6 is 0 Å². The van der Waals surface area contributed by atoms with E-state index in [9.17, 15) is 13.2 Å². The number of nitrogens with zero attached hydrogens (tertiary/aromatic N) is 5. The highest BCUT2D eigenvalue weighted by Crippen LogP contribution is 2.39. The van der Waals surface area contributed by atoms with Crippen molar-refractivity contribution in [3.8, 4) is 34.0 Å². The Balaban J connectivity index is 1.29. The number of benzene rings is 2. The van der Waals surface area contributed by atoms with Crippen molar-refractivity contribution < 1.29 is 27.4 Å². The van der Waals surface area contributed by atoms with Crippen molar-refractivity contribution >= 4 is 11.6 Å². The number of anilines is 2. The average molecular weight is 609 g/mol. The zero-order valence-corrected chi connectivity index (χ0v) is 24.7. The van der Waals surface area contributed by atoms with Crippen LogP contribution in [0.4, 0.5) is 24.8 Å². The lowest BCUT2D eigenvalue weighted by molar-refractivity contribution is 0.146. The summed E-state index contributed by atoms with van der Waals surface area (Å²) < 4.78 is 58.0. The molecule has 0 atom stereocenters. The van der Waals surface area contributed by atoms with Gasteiger partial charge in [0.1, 0.15) is 30.5 Å². The molecule has 5 rings (SSSR count). The number of piperazine rings is 1. The molecular formula is C32H35F3N6O3. The second-order valence-corrected chi connectivity index (χ2v) is 10.4. The molecule has 0 saturated carbocycles. The Labute approximate surface area is 254 Å². The summed E-state index contributed by atoms with van der Waals surface area (Å²) in [4.78, 5) is 17.3. The van der Waals surface area contributed by atoms with Crippen LogP contribution in [0, 0.1) is 12.7 Å². The van der Waals surface area contributed by atoms with E-state index in [0.29, 0.717) is 47.8 Å². The number of nitrogen functional groups attached to an aromatic ring is 1. The van der Waals surface area contributed by atoms with E-state index in [1.54, 1.807) is 32.2 Å². The predicted molar refractivity (Wildman–Crippen MR) is 163 cm³/mol. The van der Waals surface area contributed by atoms with Crippen LogP contribution in [0.15, 0.2) is 60.7 Å². The van der Waals surface area contributed by atoms with Crippen LogP contribution in [-0.2, 0) is 4.74 Å². The van der Waals surface area contributed by atoms with Gasteiger partial charge in [-0.3, -0.25) is 9.88 Å². The molecule has 1 aliphatic rings. The molecule has 2 aromatic carbocycles. The molecule has 2 N–H and O–H groups in total. The maximum atomic E-state index is 13.7. The molecule has 232 valence electrons. The number of halogens is 3. The Kier molecular flexibility index (Phi) is 10.1. The lowest BCUT2D eigenvalue weighted by atomic mass is 9.99. The van der Waals surface area contributed by atoms with Gasteiger partial charge >= 0.3 is 0 Å². The maximum absolute atomic E-state index is 13.7. The van der Waals surface area contributed by atoms with Crippen molar-refractivity contribution in [2.45, 2.75) is 13.3 Å². The first-order chi connectivity index (χ1) is 21.3. The SMILES string of the molecule is COCCOc1ccc(N2CCN(CCOc3nc(N)nc(-c4ccc(F)cc4)c3-c3cc(C)nc(C(F)F)c3)CC2)cc1. The quantitative estimate of drug-likeness (QED) is 0.212. The van der Waals surface area contributed by atoms with Gasteiger partial charge in [0.2, 0.25) is 11.8 Å². The standard InChI is InChI=1S/C32H35F3N6O3/c1-21-19-23(20-27(37-21)30(34)35)28-29(22-3-5-24(33)6-4-22)38-32(36)39-31(28)44-16-15-40-11-13-41(14-12-40)25-7-9-26(10-8-25)43-18-17-42-2/h3-10,19-20,30H,11-18H2,1-2H3,(H2,36,38,39). The molecular weight excluding hydrogens is 573 g/mol. The number of aromatic nitrogens is 3. The topological polar surface area (TPSA) is 98.9 Å². The Morgan fingerprint density at radius 3 is 2.25 bits per heavy atom. The molecule has 4 aromatic rings. The van der Waals surface area contributed by atoms with Gasteiger partial charge in [-0.15, -0.1) is 0 Å². The number of nitrogens with two attached hydrogens (primary N) is 1. The molecule has 0 spiro atoms. The number of hydrogen-bond donors (Lipinski definition) is 1. The maximum Gasteiger partial charge on any atom is 0.280 e. The molecule has 44 heavy (non-hydrogen) atoms. The number of ether oxygens (including phenoxy) is 3. The highest BCUT2D eigenvalue weighted by molar-refractivity contribution is 5.85. The lowest BCUT2D eigenvalue weighted by Gasteiger charge is -2.36. The molecule has 1 fully saturated rings. The summed E-state index contributed by atoms with van der Waals surface area (Å²) >= 11 is 0. The zero-order chi connectivity index (χ0) is 31.1. The summed E-state index contributed by atoms with van der Waals surface area (Å²) in [5.41, 5.74) is 8.91. The summed E-state index contributed by atoms with van der Waals surface area (Å²) in [6, 6.07) is 16.7. The van der Waals surface area contributed by atoms with E-state index in [2.05, 4.69) is 36.9 Å². The Hall–Kier alpha value is -4.42. The van der Waals surface area contributed by atoms with Crippen molar-refractivity contribution in [3.05, 3.63) is 77.9 Å². The first-order valence-electron chi connectivity index (χ1n) is 14.3. The number of pyridine rings is 1. The highest BCUT2D eigenvalue weighted by Gasteiger charge is 2.23. The van der Waals surface area contributed by atoms with Crippen LogP contribution in [0.3, 0.4) is 0 Å². The van der Waals surface area contributed by atoms with E-state index in [1.807, 2.05) is 12.1 Å². The van der Waals surface area contributed by atoms with Crippen LogP contribution in [-0.4, -0.2) is 79.5 Å². The van der Waals surface area contributed by atoms with Gasteiger partial charge in [0, 0.05) is 56.8 Å². The number of aryl methyl sites for hydroxylation is 1. The summed E-state index contributed by atoms with van der Waals surface area (Å²) in [6.45, 7) is 6.93. The van der Waals surface area contributed by atoms with Crippen LogP contribution in [0.5, 0.6) is 11.6 Å². The van der Waals surface area contributed by atoms with Crippen LogP contribution < -0.4 is 20.1 Å². The van der Waals surface area contributed by atoms with E-state index < -0.39 is 12.2 Å². The van der Waals surface area contributed by atoms with E-state index in [0.717, 1.165) is 37.6 Å². The molecule has 1 saturated heterocycles. The Morgan fingerprint density at radius 1 is 0.841 bits per heavy atom. The fraction of sp³-hybridized carbons (Fsp3) is 0.344. The molecule has 3 heterocycles. The Morgan fingerprint density at radius 2 is 1.57 bits per heavy atom. The van der Waals surface area contributed by atoms with Crippen molar-refractivity contribution in [2.75, 3.05) is 70.3 Å². The minimum Gasteiger partial charge on any atom is -0.491 e. The van der Waals surface area contributed by atoms with E-state index in [1.165, 1.54) is 18.2 Å². The molecule has 0 aliphatic carbocycles. The number of methoxy groups -OCH3 is 1. The third-order valence-electron chi connectivity index (χ3n) is 7.27. The normalized spacial score (nSPS) is 13.8. The van der Waals surface area contributed by atoms with Gasteiger partial charge in [0.05, 0.1) is 17.9 Å². The number of rotatable bonds is 12. The van der Waals surface area contributed by atoms with Crippen molar-refractivity contribution in [2.24, 2.45) is 0 Å². The summed E-state index contributed by atoms with van der Waals surface area (Å²) in [7, 11) is 1.64. The molecule has 1 aliphatic heterocycles. The van der Waals surface area contributed by atoms with Crippen LogP contribution in [0.2, 0.25) is 0 Å². The third kappa shape index (κ3) is 7.74. The van der Waals surface area contributed by atoms with Gasteiger partial charge in [-0.1, -0.05) is 0 Å². The largest absolute Gasteiger partial charge is 0.491 e. The molecule has 0 bridgehead atoms. The van der Waals surface area contributed by atoms with Gasteiger partial charge in [-0.05, 0) is 73.2 Å². The fourth-order valence-electron chi connectivity index (χ4n) is 5.09. The van der Waals surface area contributed by atoms with Gasteiger partial charge in [0.15, 0.2) is 0 Å². The molecule has 2 aromatic heterocycles. The number of alkyl halides is 2. The molecule has 9 nitrogen and oxygen atoms in total. The fourth-order valence-corrected chi connectivity index (χ4v) is 5.09. The molecule has 0 radical (unpaired) electrons. The highest BCUT2D eigenvalue weighted by atomic mass is 19.3. The molecule has 0 unspecified atom stereocenters. The van der Waals surface area contributed by atoms with E-state index in [4.69, 9.17) is 19.9 Å². The van der Waals surface area contributed by atoms with Crippen molar-refractivity contribution in [1.29, 1.82) is 0 Å². The first kappa shape index (κ1) is 31.0. The van der Waals surface area contributed by atoms with Crippen LogP contribution in [0.25, 0.3) is 22.4 Å². The first-order valence-corrected chi connectivity index (χ1v) is 14.3. The van der Waals surface area contributed by atoms with Crippen molar-refractivity contribution in [1.82, 2.24) is 19.9 Å². The zero-order valence-electron chi connectivity index (χ0n) is 24.7. The van der Waals surface area contributed by atoms with Gasteiger partial charge in [-0.2, -0.15) is 4.98 Å². The molecule has 0 amide bonds. The second-order valence-electron chi connectivity index (χ2n) is 10.4. The van der Waals surface area contributed by atoms with Gasteiger partial charge in [-0.25, -0.2) is 18.2 Å². The smallest absolute Gasteiger partial charge is 0.280 e. The summed E-state index contributed by atoms with van der Waals surface area (Å²) in [5.74, 6) is 0.500. The van der Waals surface area contributed by atoms with E-state index in [-0.39, 0.29) is 24.1 Å². The summed E-state index contributed by atoms with van der Waals surface area (Å²) in [5, 5.41) is 0. The van der Waals surface area contributed by atoms with E-state index >= 15 is 0 Å². The van der Waals surface area contributed by atoms with Crippen molar-refractivity contribution in [3.63, 3.8) is 0 Å². The van der Waals surface area contributed by atoms with Gasteiger partial charge < -0.3 is 24.8 Å². The third-order valence-corrected chi connectivity index (χ3v) is 7.27. The average Bonchev–Trinajstić information content (AvgIpc) is 3.02. The number of hydrogen-bond acceptors (Lipinski definition) is 9. The second kappa shape index (κ2) is 14.4. The minimum absolute atomic E-state index is 0.0494. The van der Waals surface area contributed by atoms with Gasteiger partial charge in [0.25, 0.3) is 6.43 Å². The monoisotopic (exact) mass is 608 g/mol. The summed E-state index contributed by atoms with van der Waals surface area (Å²) in [6.07, 6.45) is -2.77. The lowest BCUT2D eigenvalue weighted by Crippen LogP contribution is -2.47. The predicted octanol–water partition coefficient (Wildman–Crippen LogP) is 5.40. The Bertz CT molecular complexity index is 1530. The van der Waals surface area contributed by atoms with Crippen LogP contribution in [0.1, 0.15) is 17.8 Å².